The first-order chi connectivity index (χ1) is 10.4. The number of methoxy groups -OCH3 is 1. The van der Waals surface area contributed by atoms with E-state index >= 15 is 0 Å². The quantitative estimate of drug-likeness (QED) is 0.932. The number of hydrogen-bond acceptors (Lipinski definition) is 4. The highest BCUT2D eigenvalue weighted by molar-refractivity contribution is 5.43. The van der Waals surface area contributed by atoms with Crippen LogP contribution in [-0.4, -0.2) is 29.9 Å². The molecule has 0 aromatic carbocycles. The lowest BCUT2D eigenvalue weighted by Gasteiger charge is -2.40. The SMILES string of the molecule is CO[C@]1(C(F)(F)F)C[C@H]2C[C@@H]1C[C@@H]2Nc1cc(C#N)ccn1. The number of ether oxygens (including phenoxy) is 1. The number of rotatable bonds is 3. The van der Waals surface area contributed by atoms with Crippen molar-refractivity contribution < 1.29 is 17.9 Å². The van der Waals surface area contributed by atoms with Gasteiger partial charge in [-0.1, -0.05) is 0 Å². The van der Waals surface area contributed by atoms with Gasteiger partial charge < -0.3 is 10.1 Å². The highest BCUT2D eigenvalue weighted by atomic mass is 19.4. The molecule has 1 aromatic heterocycles. The van der Waals surface area contributed by atoms with Crippen LogP contribution in [0.5, 0.6) is 0 Å². The maximum Gasteiger partial charge on any atom is 0.417 e. The van der Waals surface area contributed by atoms with Crippen molar-refractivity contribution in [2.75, 3.05) is 12.4 Å². The van der Waals surface area contributed by atoms with Crippen LogP contribution in [0.15, 0.2) is 18.3 Å². The van der Waals surface area contributed by atoms with Gasteiger partial charge in [0.1, 0.15) is 5.82 Å². The number of pyridine rings is 1. The van der Waals surface area contributed by atoms with E-state index in [0.29, 0.717) is 24.2 Å². The fraction of sp³-hybridized carbons (Fsp3) is 0.600. The highest BCUT2D eigenvalue weighted by Crippen LogP contribution is 2.58. The zero-order valence-corrected chi connectivity index (χ0v) is 12.0. The molecule has 0 unspecified atom stereocenters. The van der Waals surface area contributed by atoms with Gasteiger partial charge in [-0.15, -0.1) is 0 Å². The van der Waals surface area contributed by atoms with Crippen LogP contribution in [0.3, 0.4) is 0 Å². The number of nitrogens with one attached hydrogen (secondary N) is 1. The summed E-state index contributed by atoms with van der Waals surface area (Å²) in [6, 6.07) is 5.16. The Labute approximate surface area is 126 Å². The number of aromatic nitrogens is 1. The lowest BCUT2D eigenvalue weighted by Crippen LogP contribution is -2.53. The van der Waals surface area contributed by atoms with Gasteiger partial charge in [0.2, 0.25) is 0 Å². The third kappa shape index (κ3) is 2.22. The fourth-order valence-electron chi connectivity index (χ4n) is 3.95. The van der Waals surface area contributed by atoms with Crippen molar-refractivity contribution in [2.24, 2.45) is 11.8 Å². The van der Waals surface area contributed by atoms with Crippen molar-refractivity contribution in [3.05, 3.63) is 23.9 Å². The predicted octanol–water partition coefficient (Wildman–Crippen LogP) is 3.11. The maximum absolute atomic E-state index is 13.3. The summed E-state index contributed by atoms with van der Waals surface area (Å²) in [6.45, 7) is 0. The van der Waals surface area contributed by atoms with Crippen molar-refractivity contribution in [1.82, 2.24) is 4.98 Å². The zero-order valence-electron chi connectivity index (χ0n) is 12.0. The van der Waals surface area contributed by atoms with E-state index in [2.05, 4.69) is 10.3 Å². The van der Waals surface area contributed by atoms with Crippen LogP contribution < -0.4 is 5.32 Å². The van der Waals surface area contributed by atoms with Gasteiger partial charge in [-0.3, -0.25) is 0 Å². The second-order valence-electron chi connectivity index (χ2n) is 6.02. The molecule has 2 fully saturated rings. The van der Waals surface area contributed by atoms with E-state index in [1.165, 1.54) is 6.20 Å². The molecule has 118 valence electrons. The van der Waals surface area contributed by atoms with Crippen LogP contribution in [-0.2, 0) is 4.74 Å². The minimum absolute atomic E-state index is 0.0206. The average Bonchev–Trinajstić information content (AvgIpc) is 3.04. The number of nitrogens with zero attached hydrogens (tertiary/aromatic N) is 2. The van der Waals surface area contributed by atoms with E-state index in [1.807, 2.05) is 6.07 Å². The average molecular weight is 311 g/mol. The topological polar surface area (TPSA) is 57.9 Å². The van der Waals surface area contributed by atoms with Crippen molar-refractivity contribution in [2.45, 2.75) is 37.1 Å². The van der Waals surface area contributed by atoms with Crippen molar-refractivity contribution >= 4 is 5.82 Å². The first-order valence-corrected chi connectivity index (χ1v) is 7.14. The van der Waals surface area contributed by atoms with Gasteiger partial charge in [0, 0.05) is 19.3 Å². The molecule has 2 saturated carbocycles. The van der Waals surface area contributed by atoms with Gasteiger partial charge in [-0.05, 0) is 43.2 Å². The van der Waals surface area contributed by atoms with Gasteiger partial charge in [-0.25, -0.2) is 4.98 Å². The second-order valence-corrected chi connectivity index (χ2v) is 6.02. The zero-order chi connectivity index (χ0) is 16.0. The van der Waals surface area contributed by atoms with E-state index in [-0.39, 0.29) is 18.4 Å². The molecule has 7 heteroatoms. The summed E-state index contributed by atoms with van der Waals surface area (Å²) >= 11 is 0. The summed E-state index contributed by atoms with van der Waals surface area (Å²) in [5, 5.41) is 12.0. The van der Waals surface area contributed by atoms with Crippen molar-refractivity contribution in [3.8, 4) is 6.07 Å². The van der Waals surface area contributed by atoms with Crippen LogP contribution in [0.1, 0.15) is 24.8 Å². The molecule has 0 radical (unpaired) electrons. The minimum atomic E-state index is -4.34. The molecule has 0 amide bonds. The normalized spacial score (nSPS) is 33.7. The van der Waals surface area contributed by atoms with Crippen molar-refractivity contribution in [3.63, 3.8) is 0 Å². The Bertz CT molecular complexity index is 613. The van der Waals surface area contributed by atoms with Crippen LogP contribution in [0.25, 0.3) is 0 Å². The van der Waals surface area contributed by atoms with E-state index in [1.54, 1.807) is 12.1 Å². The summed E-state index contributed by atoms with van der Waals surface area (Å²) in [4.78, 5) is 4.12. The molecule has 1 aromatic rings. The Hall–Kier alpha value is -1.81. The molecule has 0 aliphatic heterocycles. The van der Waals surface area contributed by atoms with Gasteiger partial charge in [0.05, 0.1) is 11.6 Å². The third-order valence-corrected chi connectivity index (χ3v) is 4.99. The van der Waals surface area contributed by atoms with E-state index < -0.39 is 17.7 Å². The van der Waals surface area contributed by atoms with Crippen LogP contribution >= 0.6 is 0 Å². The molecule has 1 heterocycles. The number of nitriles is 1. The maximum atomic E-state index is 13.3. The van der Waals surface area contributed by atoms with Crippen LogP contribution in [0, 0.1) is 23.2 Å². The van der Waals surface area contributed by atoms with Crippen LogP contribution in [0.4, 0.5) is 19.0 Å². The monoisotopic (exact) mass is 311 g/mol. The van der Waals surface area contributed by atoms with Gasteiger partial charge in [-0.2, -0.15) is 18.4 Å². The summed E-state index contributed by atoms with van der Waals surface area (Å²) in [7, 11) is 1.15. The Morgan fingerprint density at radius 1 is 1.45 bits per heavy atom. The summed E-state index contributed by atoms with van der Waals surface area (Å²) in [6.07, 6.45) is -1.94. The number of alkyl halides is 3. The number of halogens is 3. The molecule has 1 N–H and O–H groups in total. The molecule has 22 heavy (non-hydrogen) atoms. The Balaban J connectivity index is 1.74. The molecule has 0 saturated heterocycles. The Morgan fingerprint density at radius 3 is 2.77 bits per heavy atom. The second kappa shape index (κ2) is 5.13. The van der Waals surface area contributed by atoms with Crippen molar-refractivity contribution in [1.29, 1.82) is 5.26 Å². The molecule has 4 nitrogen and oxygen atoms in total. The molecule has 2 bridgehead atoms. The first kappa shape index (κ1) is 15.1. The Morgan fingerprint density at radius 2 is 2.23 bits per heavy atom. The molecular weight excluding hydrogens is 295 g/mol. The summed E-state index contributed by atoms with van der Waals surface area (Å²) < 4.78 is 44.9. The van der Waals surface area contributed by atoms with Crippen LogP contribution in [0.2, 0.25) is 0 Å². The molecule has 2 aliphatic carbocycles. The third-order valence-electron chi connectivity index (χ3n) is 4.99. The van der Waals surface area contributed by atoms with E-state index in [4.69, 9.17) is 10.00 Å². The lowest BCUT2D eigenvalue weighted by atomic mass is 9.81. The molecule has 4 atom stereocenters. The molecule has 3 rings (SSSR count). The van der Waals surface area contributed by atoms with Gasteiger partial charge in [0.15, 0.2) is 5.60 Å². The summed E-state index contributed by atoms with van der Waals surface area (Å²) in [5.74, 6) is -0.0927. The summed E-state index contributed by atoms with van der Waals surface area (Å²) in [5.41, 5.74) is -1.53. The fourth-order valence-corrected chi connectivity index (χ4v) is 3.95. The minimum Gasteiger partial charge on any atom is -0.368 e. The van der Waals surface area contributed by atoms with Gasteiger partial charge >= 0.3 is 6.18 Å². The standard InChI is InChI=1S/C15H16F3N3O/c1-22-14(15(16,17)18)7-10-5-11(14)6-12(10)21-13-4-9(8-19)2-3-20-13/h2-4,10-12H,5-7H2,1H3,(H,20,21)/t10-,11-,12+,14-/m1/s1. The lowest BCUT2D eigenvalue weighted by molar-refractivity contribution is -0.287. The highest BCUT2D eigenvalue weighted by Gasteiger charge is 2.68. The molecule has 2 aliphatic rings. The molecular formula is C15H16F3N3O. The van der Waals surface area contributed by atoms with Gasteiger partial charge in [0.25, 0.3) is 0 Å². The molecule has 0 spiro atoms. The predicted molar refractivity (Wildman–Crippen MR) is 73.0 cm³/mol. The number of hydrogen-bond donors (Lipinski definition) is 1. The Kier molecular flexibility index (Phi) is 3.52. The largest absolute Gasteiger partial charge is 0.417 e. The first-order valence-electron chi connectivity index (χ1n) is 7.14. The number of anilines is 1. The van der Waals surface area contributed by atoms with E-state index in [0.717, 1.165) is 7.11 Å². The smallest absolute Gasteiger partial charge is 0.368 e. The number of fused-ring (bicyclic) bond motifs is 2. The van der Waals surface area contributed by atoms with E-state index in [9.17, 15) is 13.2 Å².